The van der Waals surface area contributed by atoms with Gasteiger partial charge in [-0.05, 0) is 12.1 Å². The highest BCUT2D eigenvalue weighted by molar-refractivity contribution is 7.89. The first kappa shape index (κ1) is 14.6. The van der Waals surface area contributed by atoms with E-state index in [2.05, 4.69) is 15.5 Å². The molecule has 1 N–H and O–H groups in total. The van der Waals surface area contributed by atoms with Crippen molar-refractivity contribution in [3.05, 3.63) is 35.8 Å². The number of nitrogens with zero attached hydrogens (tertiary/aromatic N) is 3. The summed E-state index contributed by atoms with van der Waals surface area (Å²) in [5.41, 5.74) is 1.47. The lowest BCUT2D eigenvalue weighted by Gasteiger charge is -2.16. The van der Waals surface area contributed by atoms with Gasteiger partial charge in [-0.25, -0.2) is 8.42 Å². The number of nitrogens with one attached hydrogen (secondary N) is 1. The predicted octanol–water partition coefficient (Wildman–Crippen LogP) is 0.797. The molecule has 0 bridgehead atoms. The normalized spacial score (nSPS) is 11.5. The smallest absolute Gasteiger partial charge is 0.243 e. The highest BCUT2D eigenvalue weighted by Crippen LogP contribution is 2.13. The molecule has 1 aromatic heterocycles. The molecule has 20 heavy (non-hydrogen) atoms. The van der Waals surface area contributed by atoms with Crippen LogP contribution in [0.5, 0.6) is 0 Å². The summed E-state index contributed by atoms with van der Waals surface area (Å²) in [7, 11) is -2.32. The van der Waals surface area contributed by atoms with Crippen LogP contribution in [-0.4, -0.2) is 42.4 Å². The summed E-state index contributed by atoms with van der Waals surface area (Å²) in [6.07, 6.45) is 0. The van der Waals surface area contributed by atoms with Gasteiger partial charge in [0.05, 0.1) is 11.4 Å². The number of amides is 1. The Morgan fingerprint density at radius 1 is 1.35 bits per heavy atom. The molecule has 0 aliphatic heterocycles. The molecule has 0 saturated carbocycles. The Bertz CT molecular complexity index is 671. The molecular formula is C11H12N4O3S2. The van der Waals surface area contributed by atoms with Gasteiger partial charge in [0.2, 0.25) is 21.1 Å². The number of likely N-dealkylation sites (N-methyl/N-ethyl adjacent to an activating group) is 1. The number of carbonyl (C=O) groups is 1. The SMILES string of the molecule is CN(CC(=O)Nc1nncs1)S(=O)(=O)c1ccccc1. The standard InChI is InChI=1S/C11H12N4O3S2/c1-15(7-10(16)13-11-14-12-8-19-11)20(17,18)9-5-3-2-4-6-9/h2-6,8H,7H2,1H3,(H,13,14,16). The molecule has 1 aromatic carbocycles. The number of rotatable bonds is 5. The van der Waals surface area contributed by atoms with Crippen LogP contribution < -0.4 is 5.32 Å². The summed E-state index contributed by atoms with van der Waals surface area (Å²) in [5.74, 6) is -0.469. The molecule has 1 amide bonds. The Balaban J connectivity index is 2.04. The van der Waals surface area contributed by atoms with E-state index in [1.54, 1.807) is 18.2 Å². The van der Waals surface area contributed by atoms with E-state index in [0.29, 0.717) is 5.13 Å². The molecule has 0 saturated heterocycles. The zero-order valence-electron chi connectivity index (χ0n) is 10.6. The van der Waals surface area contributed by atoms with Crippen LogP contribution in [0.25, 0.3) is 0 Å². The molecule has 2 rings (SSSR count). The Morgan fingerprint density at radius 3 is 2.65 bits per heavy atom. The Labute approximate surface area is 120 Å². The van der Waals surface area contributed by atoms with E-state index in [1.807, 2.05) is 0 Å². The second-order valence-electron chi connectivity index (χ2n) is 3.87. The van der Waals surface area contributed by atoms with Crippen LogP contribution in [0.4, 0.5) is 5.13 Å². The molecule has 0 aliphatic rings. The molecule has 0 spiro atoms. The van der Waals surface area contributed by atoms with Gasteiger partial charge in [0.1, 0.15) is 5.51 Å². The molecular weight excluding hydrogens is 300 g/mol. The van der Waals surface area contributed by atoms with Gasteiger partial charge in [0.25, 0.3) is 0 Å². The number of benzene rings is 1. The van der Waals surface area contributed by atoms with Crippen molar-refractivity contribution in [2.45, 2.75) is 4.90 Å². The van der Waals surface area contributed by atoms with Gasteiger partial charge in [0, 0.05) is 7.05 Å². The fourth-order valence-corrected chi connectivity index (χ4v) is 3.06. The largest absolute Gasteiger partial charge is 0.299 e. The monoisotopic (exact) mass is 312 g/mol. The van der Waals surface area contributed by atoms with Crippen LogP contribution in [0.2, 0.25) is 0 Å². The summed E-state index contributed by atoms with van der Waals surface area (Å²) in [4.78, 5) is 11.9. The van der Waals surface area contributed by atoms with Crippen LogP contribution in [-0.2, 0) is 14.8 Å². The predicted molar refractivity (Wildman–Crippen MR) is 74.8 cm³/mol. The van der Waals surface area contributed by atoms with E-state index in [9.17, 15) is 13.2 Å². The number of hydrogen-bond donors (Lipinski definition) is 1. The van der Waals surface area contributed by atoms with Crippen molar-refractivity contribution in [1.29, 1.82) is 0 Å². The topological polar surface area (TPSA) is 92.3 Å². The highest BCUT2D eigenvalue weighted by Gasteiger charge is 2.22. The quantitative estimate of drug-likeness (QED) is 0.881. The Kier molecular flexibility index (Phi) is 4.42. The van der Waals surface area contributed by atoms with E-state index < -0.39 is 15.9 Å². The van der Waals surface area contributed by atoms with Gasteiger partial charge in [-0.15, -0.1) is 10.2 Å². The molecule has 0 aliphatic carbocycles. The molecule has 0 fully saturated rings. The fraction of sp³-hybridized carbons (Fsp3) is 0.182. The molecule has 7 nitrogen and oxygen atoms in total. The van der Waals surface area contributed by atoms with Gasteiger partial charge in [-0.3, -0.25) is 10.1 Å². The molecule has 9 heteroatoms. The van der Waals surface area contributed by atoms with Crippen molar-refractivity contribution in [2.75, 3.05) is 18.9 Å². The van der Waals surface area contributed by atoms with E-state index in [0.717, 1.165) is 15.6 Å². The third-order valence-corrected chi connectivity index (χ3v) is 4.85. The lowest BCUT2D eigenvalue weighted by atomic mass is 10.4. The summed E-state index contributed by atoms with van der Waals surface area (Å²) in [6.45, 7) is -0.295. The number of anilines is 1. The van der Waals surface area contributed by atoms with Crippen molar-refractivity contribution in [3.63, 3.8) is 0 Å². The van der Waals surface area contributed by atoms with Crippen LogP contribution in [0.1, 0.15) is 0 Å². The summed E-state index contributed by atoms with van der Waals surface area (Å²) < 4.78 is 25.4. The van der Waals surface area contributed by atoms with Crippen LogP contribution >= 0.6 is 11.3 Å². The Morgan fingerprint density at radius 2 is 2.05 bits per heavy atom. The first-order chi connectivity index (χ1) is 9.50. The minimum absolute atomic E-state index is 0.145. The molecule has 0 unspecified atom stereocenters. The van der Waals surface area contributed by atoms with Crippen molar-refractivity contribution < 1.29 is 13.2 Å². The molecule has 1 heterocycles. The maximum absolute atomic E-state index is 12.2. The second-order valence-corrected chi connectivity index (χ2v) is 6.74. The minimum Gasteiger partial charge on any atom is -0.299 e. The third-order valence-electron chi connectivity index (χ3n) is 2.42. The minimum atomic E-state index is -3.67. The van der Waals surface area contributed by atoms with Gasteiger partial charge in [-0.1, -0.05) is 29.5 Å². The van der Waals surface area contributed by atoms with E-state index in [4.69, 9.17) is 0 Å². The Hall–Kier alpha value is -1.84. The van der Waals surface area contributed by atoms with Gasteiger partial charge in [-0.2, -0.15) is 4.31 Å². The lowest BCUT2D eigenvalue weighted by Crippen LogP contribution is -2.34. The van der Waals surface area contributed by atoms with Crippen molar-refractivity contribution in [3.8, 4) is 0 Å². The molecule has 0 radical (unpaired) electrons. The molecule has 106 valence electrons. The van der Waals surface area contributed by atoms with E-state index in [-0.39, 0.29) is 11.4 Å². The average molecular weight is 312 g/mol. The van der Waals surface area contributed by atoms with E-state index in [1.165, 1.54) is 24.7 Å². The second kappa shape index (κ2) is 6.07. The zero-order chi connectivity index (χ0) is 14.6. The third kappa shape index (κ3) is 3.38. The maximum atomic E-state index is 12.2. The summed E-state index contributed by atoms with van der Waals surface area (Å²) >= 11 is 1.16. The fourth-order valence-electron chi connectivity index (χ4n) is 1.45. The number of aromatic nitrogens is 2. The maximum Gasteiger partial charge on any atom is 0.243 e. The van der Waals surface area contributed by atoms with Gasteiger partial charge < -0.3 is 0 Å². The van der Waals surface area contributed by atoms with Crippen molar-refractivity contribution in [1.82, 2.24) is 14.5 Å². The van der Waals surface area contributed by atoms with E-state index >= 15 is 0 Å². The van der Waals surface area contributed by atoms with Crippen LogP contribution in [0, 0.1) is 0 Å². The summed E-state index contributed by atoms with van der Waals surface area (Å²) in [5, 5.41) is 10.0. The average Bonchev–Trinajstić information content (AvgIpc) is 2.92. The number of carbonyl (C=O) groups excluding carboxylic acids is 1. The first-order valence-electron chi connectivity index (χ1n) is 5.57. The molecule has 0 atom stereocenters. The van der Waals surface area contributed by atoms with Gasteiger partial charge in [0.15, 0.2) is 0 Å². The number of hydrogen-bond acceptors (Lipinski definition) is 6. The lowest BCUT2D eigenvalue weighted by molar-refractivity contribution is -0.116. The zero-order valence-corrected chi connectivity index (χ0v) is 12.2. The van der Waals surface area contributed by atoms with Gasteiger partial charge >= 0.3 is 0 Å². The van der Waals surface area contributed by atoms with Crippen molar-refractivity contribution in [2.24, 2.45) is 0 Å². The van der Waals surface area contributed by atoms with Crippen molar-refractivity contribution >= 4 is 32.4 Å². The number of sulfonamides is 1. The molecule has 2 aromatic rings. The van der Waals surface area contributed by atoms with Crippen LogP contribution in [0.3, 0.4) is 0 Å². The summed E-state index contributed by atoms with van der Waals surface area (Å²) in [6, 6.07) is 7.94. The highest BCUT2D eigenvalue weighted by atomic mass is 32.2. The van der Waals surface area contributed by atoms with Crippen LogP contribution in [0.15, 0.2) is 40.7 Å². The first-order valence-corrected chi connectivity index (χ1v) is 7.89.